The molecule has 2 rings (SSSR count). The van der Waals surface area contributed by atoms with Gasteiger partial charge in [-0.05, 0) is 0 Å². The lowest BCUT2D eigenvalue weighted by Gasteiger charge is -2.09. The van der Waals surface area contributed by atoms with Crippen LogP contribution in [-0.2, 0) is 9.47 Å². The van der Waals surface area contributed by atoms with E-state index < -0.39 is 76.6 Å². The van der Waals surface area contributed by atoms with Crippen LogP contribution < -0.4 is 0 Å². The molecule has 32 heavy (non-hydrogen) atoms. The first-order chi connectivity index (χ1) is 14.9. The molecule has 0 saturated carbocycles. The summed E-state index contributed by atoms with van der Waals surface area (Å²) in [4.78, 5) is 65.2. The summed E-state index contributed by atoms with van der Waals surface area (Å²) in [5.41, 5.74) is -8.36. The summed E-state index contributed by atoms with van der Waals surface area (Å²) in [5.74, 6) is -2.40. The smallest absolute Gasteiger partial charge is 0.338 e. The van der Waals surface area contributed by atoms with Gasteiger partial charge < -0.3 is 9.47 Å². The number of hydrogen-bond donors (Lipinski definition) is 0. The third-order valence-electron chi connectivity index (χ3n) is 4.07. The van der Waals surface area contributed by atoms with Crippen molar-refractivity contribution in [3.8, 4) is 11.1 Å². The van der Waals surface area contributed by atoms with E-state index in [1.54, 1.807) is 0 Å². The molecule has 16 nitrogen and oxygen atoms in total. The maximum atomic E-state index is 11.8. The van der Waals surface area contributed by atoms with Crippen LogP contribution in [-0.4, -0.2) is 45.9 Å². The number of esters is 2. The van der Waals surface area contributed by atoms with Gasteiger partial charge in [-0.25, -0.2) is 9.59 Å². The molecule has 0 atom stereocenters. The van der Waals surface area contributed by atoms with E-state index in [0.717, 1.165) is 14.2 Å². The zero-order valence-corrected chi connectivity index (χ0v) is 16.0. The Morgan fingerprint density at radius 3 is 0.969 bits per heavy atom. The Balaban J connectivity index is 3.17. The Labute approximate surface area is 175 Å². The molecule has 0 aromatic heterocycles. The quantitative estimate of drug-likeness (QED) is 0.337. The van der Waals surface area contributed by atoms with Crippen LogP contribution in [0.5, 0.6) is 0 Å². The molecule has 0 amide bonds. The third kappa shape index (κ3) is 4.13. The van der Waals surface area contributed by atoms with Crippen molar-refractivity contribution in [2.75, 3.05) is 14.2 Å². The lowest BCUT2D eigenvalue weighted by Crippen LogP contribution is -2.09. The average molecular weight is 450 g/mol. The van der Waals surface area contributed by atoms with Crippen molar-refractivity contribution in [3.05, 3.63) is 75.8 Å². The predicted molar refractivity (Wildman–Crippen MR) is 101 cm³/mol. The lowest BCUT2D eigenvalue weighted by atomic mass is 9.94. The molecule has 2 aromatic carbocycles. The van der Waals surface area contributed by atoms with Crippen LogP contribution in [0.1, 0.15) is 20.7 Å². The molecule has 16 heteroatoms. The summed E-state index contributed by atoms with van der Waals surface area (Å²) in [6.45, 7) is 0. The Kier molecular flexibility index (Phi) is 6.38. The lowest BCUT2D eigenvalue weighted by molar-refractivity contribution is -0.397. The number of hydrogen-bond acceptors (Lipinski definition) is 12. The second-order valence-electron chi connectivity index (χ2n) is 5.79. The fourth-order valence-electron chi connectivity index (χ4n) is 2.78. The SMILES string of the molecule is COC(=O)c1cc([N+](=O)[O-])c(-c2c([N+](=O)[O-])cc(C(=O)OC)cc2[N+](=O)[O-])c([N+](=O)[O-])c1. The second kappa shape index (κ2) is 8.78. The minimum absolute atomic E-state index is 0.524. The fourth-order valence-corrected chi connectivity index (χ4v) is 2.78. The van der Waals surface area contributed by atoms with Crippen molar-refractivity contribution in [3.63, 3.8) is 0 Å². The van der Waals surface area contributed by atoms with Gasteiger partial charge in [0, 0.05) is 24.3 Å². The van der Waals surface area contributed by atoms with Crippen LogP contribution >= 0.6 is 0 Å². The van der Waals surface area contributed by atoms with E-state index in [1.807, 2.05) is 0 Å². The Morgan fingerprint density at radius 2 is 0.812 bits per heavy atom. The molecule has 0 radical (unpaired) electrons. The van der Waals surface area contributed by atoms with Gasteiger partial charge in [0.2, 0.25) is 0 Å². The van der Waals surface area contributed by atoms with Crippen LogP contribution in [0.4, 0.5) is 22.7 Å². The van der Waals surface area contributed by atoms with E-state index >= 15 is 0 Å². The number of nitro groups is 4. The maximum absolute atomic E-state index is 11.8. The summed E-state index contributed by atoms with van der Waals surface area (Å²) in [7, 11) is 1.80. The molecule has 0 unspecified atom stereocenters. The summed E-state index contributed by atoms with van der Waals surface area (Å²) in [5, 5.41) is 46.5. The van der Waals surface area contributed by atoms with Gasteiger partial charge in [-0.15, -0.1) is 0 Å². The van der Waals surface area contributed by atoms with Gasteiger partial charge >= 0.3 is 11.9 Å². The largest absolute Gasteiger partial charge is 0.465 e. The molecular formula is C16H10N4O12. The number of carbonyl (C=O) groups is 2. The topological polar surface area (TPSA) is 225 Å². The normalized spacial score (nSPS) is 10.2. The molecule has 0 spiro atoms. The number of benzene rings is 2. The van der Waals surface area contributed by atoms with Crippen molar-refractivity contribution in [1.82, 2.24) is 0 Å². The van der Waals surface area contributed by atoms with Crippen molar-refractivity contribution >= 4 is 34.7 Å². The number of nitro benzene ring substituents is 4. The molecule has 0 aliphatic heterocycles. The van der Waals surface area contributed by atoms with Gasteiger partial charge in [-0.3, -0.25) is 40.5 Å². The van der Waals surface area contributed by atoms with Crippen molar-refractivity contribution in [2.45, 2.75) is 0 Å². The molecule has 0 aliphatic rings. The highest BCUT2D eigenvalue weighted by molar-refractivity contribution is 6.01. The highest BCUT2D eigenvalue weighted by Crippen LogP contribution is 2.48. The fraction of sp³-hybridized carbons (Fsp3) is 0.125. The van der Waals surface area contributed by atoms with E-state index in [4.69, 9.17) is 0 Å². The zero-order chi connectivity index (χ0) is 24.3. The summed E-state index contributed by atoms with van der Waals surface area (Å²) in [6.07, 6.45) is 0. The van der Waals surface area contributed by atoms with Gasteiger partial charge in [0.05, 0.1) is 45.0 Å². The number of nitrogens with zero attached hydrogens (tertiary/aromatic N) is 4. The molecule has 0 heterocycles. The van der Waals surface area contributed by atoms with Crippen molar-refractivity contribution in [1.29, 1.82) is 0 Å². The van der Waals surface area contributed by atoms with Crippen LogP contribution in [0.2, 0.25) is 0 Å². The summed E-state index contributed by atoms with van der Waals surface area (Å²) < 4.78 is 8.76. The van der Waals surface area contributed by atoms with E-state index in [2.05, 4.69) is 9.47 Å². The van der Waals surface area contributed by atoms with Gasteiger partial charge in [-0.1, -0.05) is 0 Å². The Bertz CT molecular complexity index is 1040. The van der Waals surface area contributed by atoms with Gasteiger partial charge in [-0.2, -0.15) is 0 Å². The zero-order valence-electron chi connectivity index (χ0n) is 16.0. The Hall–Kier alpha value is -5.02. The minimum atomic E-state index is -1.21. The summed E-state index contributed by atoms with van der Waals surface area (Å²) >= 11 is 0. The van der Waals surface area contributed by atoms with Gasteiger partial charge in [0.25, 0.3) is 22.7 Å². The molecule has 166 valence electrons. The first-order valence-corrected chi connectivity index (χ1v) is 8.05. The van der Waals surface area contributed by atoms with Crippen LogP contribution in [0.3, 0.4) is 0 Å². The molecule has 2 aromatic rings. The maximum Gasteiger partial charge on any atom is 0.338 e. The average Bonchev–Trinajstić information content (AvgIpc) is 2.75. The first kappa shape index (κ1) is 23.3. The van der Waals surface area contributed by atoms with E-state index in [1.165, 1.54) is 0 Å². The standard InChI is InChI=1S/C16H10N4O12/c1-31-15(21)7-3-9(17(23)24)13(10(4-7)18(25)26)14-11(19(27)28)5-8(16(22)32-2)6-12(14)20(29)30/h3-6H,1-2H3. The molecule has 0 N–H and O–H groups in total. The van der Waals surface area contributed by atoms with E-state index in [0.29, 0.717) is 24.3 Å². The minimum Gasteiger partial charge on any atom is -0.465 e. The number of rotatable bonds is 7. The van der Waals surface area contributed by atoms with E-state index in [-0.39, 0.29) is 0 Å². The van der Waals surface area contributed by atoms with Gasteiger partial charge in [0.1, 0.15) is 0 Å². The van der Waals surface area contributed by atoms with Crippen LogP contribution in [0.15, 0.2) is 24.3 Å². The monoisotopic (exact) mass is 450 g/mol. The predicted octanol–water partition coefficient (Wildman–Crippen LogP) is 2.56. The second-order valence-corrected chi connectivity index (χ2v) is 5.79. The van der Waals surface area contributed by atoms with Crippen LogP contribution in [0, 0.1) is 40.5 Å². The molecule has 0 saturated heterocycles. The Morgan fingerprint density at radius 1 is 0.594 bits per heavy atom. The van der Waals surface area contributed by atoms with Gasteiger partial charge in [0.15, 0.2) is 11.1 Å². The number of carbonyl (C=O) groups excluding carboxylic acids is 2. The van der Waals surface area contributed by atoms with Crippen molar-refractivity contribution in [2.24, 2.45) is 0 Å². The molecule has 0 fully saturated rings. The van der Waals surface area contributed by atoms with Crippen molar-refractivity contribution < 1.29 is 38.8 Å². The molecule has 0 bridgehead atoms. The number of methoxy groups -OCH3 is 2. The molecular weight excluding hydrogens is 440 g/mol. The highest BCUT2D eigenvalue weighted by atomic mass is 16.6. The highest BCUT2D eigenvalue weighted by Gasteiger charge is 2.40. The third-order valence-corrected chi connectivity index (χ3v) is 4.07. The number of ether oxygens (including phenoxy) is 2. The first-order valence-electron chi connectivity index (χ1n) is 8.05. The molecule has 0 aliphatic carbocycles. The van der Waals surface area contributed by atoms with Crippen LogP contribution in [0.25, 0.3) is 11.1 Å². The summed E-state index contributed by atoms with van der Waals surface area (Å²) in [6, 6.07) is 2.09. The van der Waals surface area contributed by atoms with E-state index in [9.17, 15) is 50.0 Å².